The summed E-state index contributed by atoms with van der Waals surface area (Å²) in [6.07, 6.45) is 0. The van der Waals surface area contributed by atoms with Gasteiger partial charge in [0.1, 0.15) is 6.04 Å². The Kier molecular flexibility index (Phi) is 5.35. The van der Waals surface area contributed by atoms with Gasteiger partial charge < -0.3 is 15.0 Å². The van der Waals surface area contributed by atoms with Crippen LogP contribution in [-0.2, 0) is 9.53 Å². The van der Waals surface area contributed by atoms with Gasteiger partial charge in [0.2, 0.25) is 5.91 Å². The molecule has 0 aliphatic heterocycles. The van der Waals surface area contributed by atoms with Crippen molar-refractivity contribution in [2.24, 2.45) is 0 Å². The predicted octanol–water partition coefficient (Wildman–Crippen LogP) is 2.21. The third-order valence-electron chi connectivity index (χ3n) is 3.15. The van der Waals surface area contributed by atoms with E-state index in [0.717, 1.165) is 0 Å². The highest BCUT2D eigenvalue weighted by Crippen LogP contribution is 2.22. The lowest BCUT2D eigenvalue weighted by molar-refractivity contribution is -0.123. The maximum absolute atomic E-state index is 12.3. The number of hydrogen-bond acceptors (Lipinski definition) is 4. The number of nitrogens with zero attached hydrogens (tertiary/aromatic N) is 1. The highest BCUT2D eigenvalue weighted by Gasteiger charge is 2.25. The van der Waals surface area contributed by atoms with Gasteiger partial charge in [0, 0.05) is 12.6 Å². The number of carbonyl (C=O) groups is 2. The fourth-order valence-corrected chi connectivity index (χ4v) is 1.92. The van der Waals surface area contributed by atoms with Gasteiger partial charge in [-0.25, -0.2) is 4.79 Å². The van der Waals surface area contributed by atoms with Gasteiger partial charge in [-0.2, -0.15) is 0 Å². The molecule has 1 amide bonds. The van der Waals surface area contributed by atoms with Crippen LogP contribution in [0.5, 0.6) is 0 Å². The molecule has 116 valence electrons. The van der Waals surface area contributed by atoms with Crippen molar-refractivity contribution in [3.05, 3.63) is 29.8 Å². The molecule has 1 aromatic carbocycles. The summed E-state index contributed by atoms with van der Waals surface area (Å²) in [6, 6.07) is 6.67. The van der Waals surface area contributed by atoms with Crippen LogP contribution in [0.1, 0.15) is 38.1 Å². The van der Waals surface area contributed by atoms with Crippen LogP contribution in [0.4, 0.5) is 5.69 Å². The van der Waals surface area contributed by atoms with E-state index in [0.29, 0.717) is 11.3 Å². The molecule has 0 heterocycles. The van der Waals surface area contributed by atoms with Crippen LogP contribution in [0.2, 0.25) is 0 Å². The van der Waals surface area contributed by atoms with Crippen LogP contribution in [-0.4, -0.2) is 37.6 Å². The molecule has 1 aromatic rings. The number of amides is 1. The number of esters is 1. The molecule has 1 N–H and O–H groups in total. The Bertz CT molecular complexity index is 520. The molecule has 1 atom stereocenters. The zero-order valence-electron chi connectivity index (χ0n) is 13.6. The number of anilines is 1. The number of benzene rings is 1. The van der Waals surface area contributed by atoms with E-state index >= 15 is 0 Å². The molecule has 0 bridgehead atoms. The SMILES string of the molecule is COC(=O)c1ccccc1N(C)C(C)C(=O)NC(C)(C)C. The first-order valence-electron chi connectivity index (χ1n) is 6.89. The van der Waals surface area contributed by atoms with Crippen LogP contribution in [0.3, 0.4) is 0 Å². The molecule has 0 aromatic heterocycles. The molecule has 0 radical (unpaired) electrons. The highest BCUT2D eigenvalue weighted by atomic mass is 16.5. The quantitative estimate of drug-likeness (QED) is 0.864. The van der Waals surface area contributed by atoms with E-state index in [9.17, 15) is 9.59 Å². The smallest absolute Gasteiger partial charge is 0.339 e. The minimum atomic E-state index is -0.416. The number of rotatable bonds is 4. The van der Waals surface area contributed by atoms with E-state index in [2.05, 4.69) is 5.32 Å². The Balaban J connectivity index is 3.00. The van der Waals surface area contributed by atoms with Gasteiger partial charge in [-0.1, -0.05) is 12.1 Å². The van der Waals surface area contributed by atoms with E-state index in [-0.39, 0.29) is 11.4 Å². The molecule has 21 heavy (non-hydrogen) atoms. The number of ether oxygens (including phenoxy) is 1. The Morgan fingerprint density at radius 3 is 2.33 bits per heavy atom. The van der Waals surface area contributed by atoms with Gasteiger partial charge in [0.05, 0.1) is 18.4 Å². The molecule has 0 spiro atoms. The summed E-state index contributed by atoms with van der Waals surface area (Å²) in [5.74, 6) is -0.509. The zero-order chi connectivity index (χ0) is 16.2. The van der Waals surface area contributed by atoms with Crippen molar-refractivity contribution in [3.63, 3.8) is 0 Å². The number of nitrogens with one attached hydrogen (secondary N) is 1. The maximum Gasteiger partial charge on any atom is 0.339 e. The average Bonchev–Trinajstić information content (AvgIpc) is 2.43. The Labute approximate surface area is 126 Å². The number of likely N-dealkylation sites (N-methyl/N-ethyl adjacent to an activating group) is 1. The summed E-state index contributed by atoms with van der Waals surface area (Å²) in [6.45, 7) is 7.59. The lowest BCUT2D eigenvalue weighted by atomic mass is 10.1. The second kappa shape index (κ2) is 6.61. The molecule has 0 aliphatic rings. The minimum Gasteiger partial charge on any atom is -0.465 e. The molecule has 1 rings (SSSR count). The second-order valence-corrected chi connectivity index (χ2v) is 6.03. The summed E-state index contributed by atoms with van der Waals surface area (Å²) in [5, 5.41) is 2.94. The topological polar surface area (TPSA) is 58.6 Å². The van der Waals surface area contributed by atoms with Crippen molar-refractivity contribution >= 4 is 17.6 Å². The van der Waals surface area contributed by atoms with Crippen molar-refractivity contribution in [1.29, 1.82) is 0 Å². The van der Waals surface area contributed by atoms with Crippen molar-refractivity contribution in [1.82, 2.24) is 5.32 Å². The van der Waals surface area contributed by atoms with Gasteiger partial charge in [-0.3, -0.25) is 4.79 Å². The summed E-state index contributed by atoms with van der Waals surface area (Å²) in [4.78, 5) is 25.8. The summed E-state index contributed by atoms with van der Waals surface area (Å²) >= 11 is 0. The molecule has 5 heteroatoms. The van der Waals surface area contributed by atoms with Gasteiger partial charge in [-0.15, -0.1) is 0 Å². The fourth-order valence-electron chi connectivity index (χ4n) is 1.92. The first-order valence-corrected chi connectivity index (χ1v) is 6.89. The number of hydrogen-bond donors (Lipinski definition) is 1. The second-order valence-electron chi connectivity index (χ2n) is 6.03. The van der Waals surface area contributed by atoms with Gasteiger partial charge in [0.25, 0.3) is 0 Å². The number of para-hydroxylation sites is 1. The molecule has 0 fully saturated rings. The summed E-state index contributed by atoms with van der Waals surface area (Å²) in [7, 11) is 3.13. The fraction of sp³-hybridized carbons (Fsp3) is 0.500. The molecular weight excluding hydrogens is 268 g/mol. The van der Waals surface area contributed by atoms with Crippen molar-refractivity contribution in [2.75, 3.05) is 19.1 Å². The standard InChI is InChI=1S/C16H24N2O3/c1-11(14(19)17-16(2,3)4)18(5)13-10-8-7-9-12(13)15(20)21-6/h7-11H,1-6H3,(H,17,19). The van der Waals surface area contributed by atoms with E-state index in [4.69, 9.17) is 4.74 Å². The largest absolute Gasteiger partial charge is 0.465 e. The van der Waals surface area contributed by atoms with Crippen molar-refractivity contribution in [3.8, 4) is 0 Å². The lowest BCUT2D eigenvalue weighted by Crippen LogP contribution is -2.50. The third kappa shape index (κ3) is 4.48. The maximum atomic E-state index is 12.3. The van der Waals surface area contributed by atoms with Crippen molar-refractivity contribution in [2.45, 2.75) is 39.3 Å². The van der Waals surface area contributed by atoms with Gasteiger partial charge >= 0.3 is 5.97 Å². The first-order chi connectivity index (χ1) is 9.67. The molecule has 1 unspecified atom stereocenters. The van der Waals surface area contributed by atoms with E-state index in [1.165, 1.54) is 7.11 Å². The highest BCUT2D eigenvalue weighted by molar-refractivity contribution is 5.97. The molecule has 0 saturated heterocycles. The number of methoxy groups -OCH3 is 1. The van der Waals surface area contributed by atoms with E-state index < -0.39 is 12.0 Å². The van der Waals surface area contributed by atoms with Crippen LogP contribution < -0.4 is 10.2 Å². The monoisotopic (exact) mass is 292 g/mol. The van der Waals surface area contributed by atoms with Crippen LogP contribution in [0.15, 0.2) is 24.3 Å². The molecule has 5 nitrogen and oxygen atoms in total. The van der Waals surface area contributed by atoms with Crippen molar-refractivity contribution < 1.29 is 14.3 Å². The summed E-state index contributed by atoms with van der Waals surface area (Å²) in [5.41, 5.74) is 0.812. The van der Waals surface area contributed by atoms with Crippen LogP contribution >= 0.6 is 0 Å². The van der Waals surface area contributed by atoms with Crippen LogP contribution in [0, 0.1) is 0 Å². The molecular formula is C16H24N2O3. The Morgan fingerprint density at radius 2 is 1.81 bits per heavy atom. The third-order valence-corrected chi connectivity index (χ3v) is 3.15. The first kappa shape index (κ1) is 17.0. The van der Waals surface area contributed by atoms with E-state index in [1.807, 2.05) is 26.8 Å². The molecule has 0 saturated carbocycles. The normalized spacial score (nSPS) is 12.5. The van der Waals surface area contributed by atoms with E-state index in [1.54, 1.807) is 37.1 Å². The Hall–Kier alpha value is -2.04. The molecule has 0 aliphatic carbocycles. The minimum absolute atomic E-state index is 0.0929. The summed E-state index contributed by atoms with van der Waals surface area (Å²) < 4.78 is 4.78. The number of carbonyl (C=O) groups excluding carboxylic acids is 2. The lowest BCUT2D eigenvalue weighted by Gasteiger charge is -2.30. The van der Waals surface area contributed by atoms with Gasteiger partial charge in [-0.05, 0) is 39.8 Å². The zero-order valence-corrected chi connectivity index (χ0v) is 13.6. The predicted molar refractivity (Wildman–Crippen MR) is 83.5 cm³/mol. The van der Waals surface area contributed by atoms with Crippen LogP contribution in [0.25, 0.3) is 0 Å². The Morgan fingerprint density at radius 1 is 1.24 bits per heavy atom. The average molecular weight is 292 g/mol. The van der Waals surface area contributed by atoms with Gasteiger partial charge in [0.15, 0.2) is 0 Å².